The minimum Gasteiger partial charge on any atom is -0.344 e. The van der Waals surface area contributed by atoms with Gasteiger partial charge in [-0.1, -0.05) is 19.1 Å². The highest BCUT2D eigenvalue weighted by Gasteiger charge is 2.09. The second-order valence-corrected chi connectivity index (χ2v) is 3.84. The van der Waals surface area contributed by atoms with Gasteiger partial charge in [-0.15, -0.1) is 0 Å². The molecule has 0 aliphatic carbocycles. The second-order valence-electron chi connectivity index (χ2n) is 3.84. The highest BCUT2D eigenvalue weighted by molar-refractivity contribution is 5.85. The molecule has 1 aromatic heterocycles. The van der Waals surface area contributed by atoms with E-state index < -0.39 is 0 Å². The first kappa shape index (κ1) is 9.79. The van der Waals surface area contributed by atoms with E-state index >= 15 is 0 Å². The molecule has 2 rings (SSSR count). The van der Waals surface area contributed by atoms with Crippen molar-refractivity contribution in [2.24, 2.45) is 0 Å². The summed E-state index contributed by atoms with van der Waals surface area (Å²) >= 11 is 0. The molecule has 0 radical (unpaired) electrons. The third-order valence-electron chi connectivity index (χ3n) is 2.93. The lowest BCUT2D eigenvalue weighted by Gasteiger charge is -2.13. The first-order chi connectivity index (χ1) is 7.27. The van der Waals surface area contributed by atoms with Crippen LogP contribution >= 0.6 is 0 Å². The van der Waals surface area contributed by atoms with E-state index in [1.54, 1.807) is 0 Å². The van der Waals surface area contributed by atoms with E-state index in [9.17, 15) is 0 Å². The lowest BCUT2D eigenvalue weighted by Crippen LogP contribution is -2.02. The largest absolute Gasteiger partial charge is 0.344 e. The molecule has 76 valence electrons. The van der Waals surface area contributed by atoms with E-state index in [0.717, 1.165) is 22.9 Å². The van der Waals surface area contributed by atoms with Crippen molar-refractivity contribution >= 4 is 10.9 Å². The van der Waals surface area contributed by atoms with Crippen LogP contribution in [0.15, 0.2) is 30.5 Å². The van der Waals surface area contributed by atoms with E-state index in [0.29, 0.717) is 6.04 Å². The van der Waals surface area contributed by atoms with E-state index in [1.807, 2.05) is 12.1 Å². The average molecular weight is 198 g/mol. The van der Waals surface area contributed by atoms with Gasteiger partial charge in [-0.25, -0.2) is 0 Å². The molecule has 0 fully saturated rings. The van der Waals surface area contributed by atoms with E-state index in [1.165, 1.54) is 0 Å². The molecule has 0 saturated carbocycles. The Kier molecular flexibility index (Phi) is 2.47. The van der Waals surface area contributed by atoms with E-state index in [2.05, 4.69) is 42.8 Å². The van der Waals surface area contributed by atoms with Gasteiger partial charge in [0.2, 0.25) is 0 Å². The number of hydrogen-bond acceptors (Lipinski definition) is 1. The zero-order valence-electron chi connectivity index (χ0n) is 9.07. The number of nitrogens with zero attached hydrogens (tertiary/aromatic N) is 2. The Labute approximate surface area is 89.7 Å². The van der Waals surface area contributed by atoms with Crippen molar-refractivity contribution in [2.75, 3.05) is 0 Å². The normalized spacial score (nSPS) is 12.6. The molecule has 0 amide bonds. The molecule has 0 aliphatic rings. The fourth-order valence-electron chi connectivity index (χ4n) is 1.87. The van der Waals surface area contributed by atoms with Gasteiger partial charge in [0, 0.05) is 17.6 Å². The topological polar surface area (TPSA) is 28.7 Å². The number of aromatic nitrogens is 1. The van der Waals surface area contributed by atoms with Gasteiger partial charge < -0.3 is 4.57 Å². The predicted octanol–water partition coefficient (Wildman–Crippen LogP) is 3.48. The number of benzene rings is 1. The summed E-state index contributed by atoms with van der Waals surface area (Å²) in [5.74, 6) is 0. The van der Waals surface area contributed by atoms with Gasteiger partial charge in [-0.05, 0) is 25.5 Å². The Hall–Kier alpha value is -1.75. The third kappa shape index (κ3) is 1.50. The van der Waals surface area contributed by atoms with Crippen LogP contribution in [0.1, 0.15) is 31.9 Å². The SMILES string of the molecule is CCC(C)n1ccc2cccc(C#N)c21. The molecule has 2 aromatic rings. The van der Waals surface area contributed by atoms with Crippen LogP contribution < -0.4 is 0 Å². The standard InChI is InChI=1S/C13H14N2/c1-3-10(2)15-8-7-11-5-4-6-12(9-14)13(11)15/h4-8,10H,3H2,1-2H3. The number of nitriles is 1. The molecule has 1 heterocycles. The van der Waals surface area contributed by atoms with Crippen LogP contribution in [0.2, 0.25) is 0 Å². The molecular formula is C13H14N2. The summed E-state index contributed by atoms with van der Waals surface area (Å²) in [5.41, 5.74) is 1.83. The highest BCUT2D eigenvalue weighted by atomic mass is 15.0. The Morgan fingerprint density at radius 3 is 2.87 bits per heavy atom. The number of rotatable bonds is 2. The van der Waals surface area contributed by atoms with Gasteiger partial charge in [0.1, 0.15) is 6.07 Å². The second kappa shape index (κ2) is 3.78. The maximum absolute atomic E-state index is 9.07. The van der Waals surface area contributed by atoms with Crippen molar-refractivity contribution in [2.45, 2.75) is 26.3 Å². The summed E-state index contributed by atoms with van der Waals surface area (Å²) in [5, 5.41) is 10.2. The van der Waals surface area contributed by atoms with Gasteiger partial charge in [0.25, 0.3) is 0 Å². The van der Waals surface area contributed by atoms with E-state index in [-0.39, 0.29) is 0 Å². The van der Waals surface area contributed by atoms with Crippen LogP contribution in [0.5, 0.6) is 0 Å². The lowest BCUT2D eigenvalue weighted by molar-refractivity contribution is 0.548. The molecule has 0 bridgehead atoms. The summed E-state index contributed by atoms with van der Waals surface area (Å²) in [7, 11) is 0. The van der Waals surface area contributed by atoms with Gasteiger partial charge in [-0.2, -0.15) is 5.26 Å². The highest BCUT2D eigenvalue weighted by Crippen LogP contribution is 2.24. The maximum Gasteiger partial charge on any atom is 0.101 e. The van der Waals surface area contributed by atoms with Crippen molar-refractivity contribution < 1.29 is 0 Å². The average Bonchev–Trinajstić information content (AvgIpc) is 2.71. The molecule has 1 unspecified atom stereocenters. The van der Waals surface area contributed by atoms with Crippen LogP contribution in [-0.4, -0.2) is 4.57 Å². The van der Waals surface area contributed by atoms with Crippen molar-refractivity contribution in [1.29, 1.82) is 5.26 Å². The molecule has 2 nitrogen and oxygen atoms in total. The number of para-hydroxylation sites is 1. The van der Waals surface area contributed by atoms with Crippen LogP contribution in [0.25, 0.3) is 10.9 Å². The summed E-state index contributed by atoms with van der Waals surface area (Å²) < 4.78 is 2.19. The smallest absolute Gasteiger partial charge is 0.101 e. The molecule has 1 atom stereocenters. The fraction of sp³-hybridized carbons (Fsp3) is 0.308. The summed E-state index contributed by atoms with van der Waals surface area (Å²) in [6.07, 6.45) is 3.14. The molecule has 2 heteroatoms. The van der Waals surface area contributed by atoms with Crippen molar-refractivity contribution in [3.8, 4) is 6.07 Å². The third-order valence-corrected chi connectivity index (χ3v) is 2.93. The molecule has 0 spiro atoms. The van der Waals surface area contributed by atoms with Crippen LogP contribution in [0.3, 0.4) is 0 Å². The molecule has 0 N–H and O–H groups in total. The quantitative estimate of drug-likeness (QED) is 0.726. The first-order valence-corrected chi connectivity index (χ1v) is 5.27. The fourth-order valence-corrected chi connectivity index (χ4v) is 1.87. The predicted molar refractivity (Wildman–Crippen MR) is 61.7 cm³/mol. The zero-order valence-corrected chi connectivity index (χ0v) is 9.07. The minimum absolute atomic E-state index is 0.442. The van der Waals surface area contributed by atoms with E-state index in [4.69, 9.17) is 5.26 Å². The molecule has 0 saturated heterocycles. The summed E-state index contributed by atoms with van der Waals surface area (Å²) in [4.78, 5) is 0. The summed E-state index contributed by atoms with van der Waals surface area (Å²) in [6, 6.07) is 10.6. The molecule has 15 heavy (non-hydrogen) atoms. The van der Waals surface area contributed by atoms with Crippen LogP contribution in [0, 0.1) is 11.3 Å². The van der Waals surface area contributed by atoms with Crippen LogP contribution in [0.4, 0.5) is 0 Å². The molecule has 0 aliphatic heterocycles. The van der Waals surface area contributed by atoms with Crippen molar-refractivity contribution in [1.82, 2.24) is 4.57 Å². The van der Waals surface area contributed by atoms with Crippen molar-refractivity contribution in [3.05, 3.63) is 36.0 Å². The maximum atomic E-state index is 9.07. The molecule has 1 aromatic carbocycles. The van der Waals surface area contributed by atoms with Gasteiger partial charge >= 0.3 is 0 Å². The first-order valence-electron chi connectivity index (χ1n) is 5.27. The lowest BCUT2D eigenvalue weighted by atomic mass is 10.1. The summed E-state index contributed by atoms with van der Waals surface area (Å²) in [6.45, 7) is 4.33. The van der Waals surface area contributed by atoms with Gasteiger partial charge in [-0.3, -0.25) is 0 Å². The number of fused-ring (bicyclic) bond motifs is 1. The zero-order chi connectivity index (χ0) is 10.8. The Bertz CT molecular complexity index is 517. The molecular weight excluding hydrogens is 184 g/mol. The van der Waals surface area contributed by atoms with Crippen molar-refractivity contribution in [3.63, 3.8) is 0 Å². The van der Waals surface area contributed by atoms with Gasteiger partial charge in [0.05, 0.1) is 11.1 Å². The Morgan fingerprint density at radius 1 is 1.40 bits per heavy atom. The number of hydrogen-bond donors (Lipinski definition) is 0. The Balaban J connectivity index is 2.72. The minimum atomic E-state index is 0.442. The van der Waals surface area contributed by atoms with Crippen LogP contribution in [-0.2, 0) is 0 Å². The van der Waals surface area contributed by atoms with Gasteiger partial charge in [0.15, 0.2) is 0 Å². The Morgan fingerprint density at radius 2 is 2.20 bits per heavy atom. The monoisotopic (exact) mass is 198 g/mol.